The van der Waals surface area contributed by atoms with Crippen molar-refractivity contribution >= 4 is 16.7 Å². The SMILES string of the molecule is CCCN(CC(C)C)c1nc(Cc2cccc(OC)c2)ns1. The van der Waals surface area contributed by atoms with Gasteiger partial charge in [-0.2, -0.15) is 4.37 Å². The van der Waals surface area contributed by atoms with Gasteiger partial charge in [0.15, 0.2) is 0 Å². The van der Waals surface area contributed by atoms with Gasteiger partial charge in [0, 0.05) is 31.0 Å². The number of nitrogens with zero attached hydrogens (tertiary/aromatic N) is 3. The van der Waals surface area contributed by atoms with E-state index in [9.17, 15) is 0 Å². The summed E-state index contributed by atoms with van der Waals surface area (Å²) in [5.41, 5.74) is 1.18. The molecule has 1 aromatic heterocycles. The van der Waals surface area contributed by atoms with Gasteiger partial charge >= 0.3 is 0 Å². The number of aromatic nitrogens is 2. The first kappa shape index (κ1) is 16.7. The molecule has 0 fully saturated rings. The highest BCUT2D eigenvalue weighted by Gasteiger charge is 2.13. The lowest BCUT2D eigenvalue weighted by molar-refractivity contribution is 0.414. The fourth-order valence-corrected chi connectivity index (χ4v) is 3.11. The number of benzene rings is 1. The van der Waals surface area contributed by atoms with Crippen molar-refractivity contribution in [3.05, 3.63) is 35.7 Å². The predicted molar refractivity (Wildman–Crippen MR) is 93.1 cm³/mol. The average molecular weight is 319 g/mol. The minimum atomic E-state index is 0.622. The van der Waals surface area contributed by atoms with Crippen molar-refractivity contribution < 1.29 is 4.74 Å². The quantitative estimate of drug-likeness (QED) is 0.737. The number of rotatable bonds is 8. The largest absolute Gasteiger partial charge is 0.497 e. The lowest BCUT2D eigenvalue weighted by Gasteiger charge is -2.22. The van der Waals surface area contributed by atoms with Crippen LogP contribution in [0.5, 0.6) is 5.75 Å². The molecule has 0 aliphatic rings. The van der Waals surface area contributed by atoms with Crippen LogP contribution in [0, 0.1) is 5.92 Å². The number of hydrogen-bond donors (Lipinski definition) is 0. The van der Waals surface area contributed by atoms with Crippen molar-refractivity contribution in [2.75, 3.05) is 25.1 Å². The number of anilines is 1. The molecule has 0 unspecified atom stereocenters. The van der Waals surface area contributed by atoms with Crippen molar-refractivity contribution in [1.82, 2.24) is 9.36 Å². The van der Waals surface area contributed by atoms with E-state index in [4.69, 9.17) is 9.72 Å². The summed E-state index contributed by atoms with van der Waals surface area (Å²) in [6.45, 7) is 8.74. The standard InChI is InChI=1S/C17H25N3OS/c1-5-9-20(12-13(2)3)17-18-16(19-22-17)11-14-7-6-8-15(10-14)21-4/h6-8,10,13H,5,9,11-12H2,1-4H3. The lowest BCUT2D eigenvalue weighted by atomic mass is 10.1. The van der Waals surface area contributed by atoms with Crippen LogP contribution in [0.2, 0.25) is 0 Å². The van der Waals surface area contributed by atoms with Crippen molar-refractivity contribution in [3.8, 4) is 5.75 Å². The van der Waals surface area contributed by atoms with Gasteiger partial charge in [0.2, 0.25) is 5.13 Å². The van der Waals surface area contributed by atoms with E-state index >= 15 is 0 Å². The van der Waals surface area contributed by atoms with Gasteiger partial charge in [-0.25, -0.2) is 4.98 Å². The molecule has 1 heterocycles. The zero-order chi connectivity index (χ0) is 15.9. The molecular formula is C17H25N3OS. The van der Waals surface area contributed by atoms with Gasteiger partial charge < -0.3 is 9.64 Å². The van der Waals surface area contributed by atoms with Gasteiger partial charge in [-0.15, -0.1) is 0 Å². The Kier molecular flexibility index (Phi) is 6.19. The minimum Gasteiger partial charge on any atom is -0.497 e. The summed E-state index contributed by atoms with van der Waals surface area (Å²) in [4.78, 5) is 7.07. The van der Waals surface area contributed by atoms with Crippen LogP contribution in [-0.4, -0.2) is 29.6 Å². The van der Waals surface area contributed by atoms with E-state index in [2.05, 4.69) is 36.1 Å². The van der Waals surface area contributed by atoms with Crippen LogP contribution in [0.3, 0.4) is 0 Å². The number of hydrogen-bond acceptors (Lipinski definition) is 5. The molecule has 1 aromatic carbocycles. The Morgan fingerprint density at radius 1 is 1.32 bits per heavy atom. The molecular weight excluding hydrogens is 294 g/mol. The zero-order valence-electron chi connectivity index (χ0n) is 13.9. The summed E-state index contributed by atoms with van der Waals surface area (Å²) in [6.07, 6.45) is 1.87. The van der Waals surface area contributed by atoms with Gasteiger partial charge in [-0.1, -0.05) is 32.9 Å². The molecule has 4 nitrogen and oxygen atoms in total. The Labute approximate surface area is 137 Å². The first-order valence-corrected chi connectivity index (χ1v) is 8.60. The van der Waals surface area contributed by atoms with E-state index in [1.165, 1.54) is 17.1 Å². The van der Waals surface area contributed by atoms with E-state index in [1.54, 1.807) is 7.11 Å². The maximum atomic E-state index is 5.27. The molecule has 2 aromatic rings. The molecule has 0 radical (unpaired) electrons. The van der Waals surface area contributed by atoms with Crippen LogP contribution in [0.4, 0.5) is 5.13 Å². The van der Waals surface area contributed by atoms with Crippen molar-refractivity contribution in [1.29, 1.82) is 0 Å². The Morgan fingerprint density at radius 3 is 2.82 bits per heavy atom. The third kappa shape index (κ3) is 4.70. The fourth-order valence-electron chi connectivity index (χ4n) is 2.39. The molecule has 5 heteroatoms. The van der Waals surface area contributed by atoms with Crippen LogP contribution >= 0.6 is 11.5 Å². The van der Waals surface area contributed by atoms with E-state index in [0.29, 0.717) is 5.92 Å². The van der Waals surface area contributed by atoms with Gasteiger partial charge in [-0.05, 0) is 30.0 Å². The second kappa shape index (κ2) is 8.13. The van der Waals surface area contributed by atoms with Crippen molar-refractivity contribution in [3.63, 3.8) is 0 Å². The monoisotopic (exact) mass is 319 g/mol. The molecule has 0 bridgehead atoms. The summed E-state index contributed by atoms with van der Waals surface area (Å²) in [5, 5.41) is 1.04. The van der Waals surface area contributed by atoms with Crippen LogP contribution in [0.1, 0.15) is 38.6 Å². The molecule has 0 atom stereocenters. The van der Waals surface area contributed by atoms with E-state index in [0.717, 1.165) is 42.6 Å². The third-order valence-electron chi connectivity index (χ3n) is 3.30. The molecule has 0 saturated carbocycles. The van der Waals surface area contributed by atoms with Gasteiger partial charge in [0.1, 0.15) is 11.6 Å². The first-order valence-electron chi connectivity index (χ1n) is 7.82. The highest BCUT2D eigenvalue weighted by Crippen LogP contribution is 2.21. The summed E-state index contributed by atoms with van der Waals surface area (Å²) < 4.78 is 9.79. The summed E-state index contributed by atoms with van der Waals surface area (Å²) >= 11 is 1.50. The normalized spacial score (nSPS) is 11.0. The van der Waals surface area contributed by atoms with Crippen LogP contribution in [0.15, 0.2) is 24.3 Å². The molecule has 0 saturated heterocycles. The number of methoxy groups -OCH3 is 1. The maximum absolute atomic E-state index is 5.27. The van der Waals surface area contributed by atoms with Crippen molar-refractivity contribution in [2.24, 2.45) is 5.92 Å². The molecule has 0 N–H and O–H groups in total. The second-order valence-electron chi connectivity index (χ2n) is 5.86. The fraction of sp³-hybridized carbons (Fsp3) is 0.529. The summed E-state index contributed by atoms with van der Waals surface area (Å²) in [6, 6.07) is 8.08. The van der Waals surface area contributed by atoms with Crippen LogP contribution < -0.4 is 9.64 Å². The third-order valence-corrected chi connectivity index (χ3v) is 4.12. The molecule has 0 aliphatic carbocycles. The maximum Gasteiger partial charge on any atom is 0.205 e. The van der Waals surface area contributed by atoms with Gasteiger partial charge in [0.25, 0.3) is 0 Å². The molecule has 0 amide bonds. The van der Waals surface area contributed by atoms with Gasteiger partial charge in [-0.3, -0.25) is 0 Å². The van der Waals surface area contributed by atoms with Crippen LogP contribution in [0.25, 0.3) is 0 Å². The van der Waals surface area contributed by atoms with Gasteiger partial charge in [0.05, 0.1) is 7.11 Å². The number of ether oxygens (including phenoxy) is 1. The molecule has 0 spiro atoms. The Balaban J connectivity index is 2.09. The smallest absolute Gasteiger partial charge is 0.205 e. The predicted octanol–water partition coefficient (Wildman–Crippen LogP) is 4.01. The Hall–Kier alpha value is -1.62. The Bertz CT molecular complexity index is 583. The first-order chi connectivity index (χ1) is 10.6. The van der Waals surface area contributed by atoms with Crippen molar-refractivity contribution in [2.45, 2.75) is 33.6 Å². The molecule has 22 heavy (non-hydrogen) atoms. The van der Waals surface area contributed by atoms with E-state index in [-0.39, 0.29) is 0 Å². The van der Waals surface area contributed by atoms with E-state index < -0.39 is 0 Å². The summed E-state index contributed by atoms with van der Waals surface area (Å²) in [5.74, 6) is 2.38. The lowest BCUT2D eigenvalue weighted by Crippen LogP contribution is -2.28. The highest BCUT2D eigenvalue weighted by atomic mass is 32.1. The average Bonchev–Trinajstić information content (AvgIpc) is 2.95. The molecule has 2 rings (SSSR count). The van der Waals surface area contributed by atoms with E-state index in [1.807, 2.05) is 18.2 Å². The van der Waals surface area contributed by atoms with Crippen LogP contribution in [-0.2, 0) is 6.42 Å². The molecule has 0 aliphatic heterocycles. The Morgan fingerprint density at radius 2 is 2.14 bits per heavy atom. The highest BCUT2D eigenvalue weighted by molar-refractivity contribution is 7.09. The zero-order valence-corrected chi connectivity index (χ0v) is 14.7. The second-order valence-corrected chi connectivity index (χ2v) is 6.59. The summed E-state index contributed by atoms with van der Waals surface area (Å²) in [7, 11) is 1.69. The minimum absolute atomic E-state index is 0.622. The topological polar surface area (TPSA) is 38.2 Å². The molecule has 120 valence electrons.